The molecule has 1 N–H and O–H groups in total. The van der Waals surface area contributed by atoms with Gasteiger partial charge in [-0.3, -0.25) is 4.90 Å². The number of hydrogen-bond donors (Lipinski definition) is 1. The molecule has 2 aliphatic heterocycles. The third-order valence-electron chi connectivity index (χ3n) is 7.15. The summed E-state index contributed by atoms with van der Waals surface area (Å²) in [5, 5.41) is 24.3. The smallest absolute Gasteiger partial charge is 0.294 e. The predicted molar refractivity (Wildman–Crippen MR) is 117 cm³/mol. The molecule has 4 heterocycles. The Labute approximate surface area is 184 Å². The van der Waals surface area contributed by atoms with Crippen LogP contribution in [0.15, 0.2) is 30.5 Å². The molecule has 2 bridgehead atoms. The van der Waals surface area contributed by atoms with Crippen LogP contribution >= 0.6 is 11.3 Å². The lowest BCUT2D eigenvalue weighted by Gasteiger charge is -2.44. The molecule has 164 valence electrons. The number of benzene rings is 1. The summed E-state index contributed by atoms with van der Waals surface area (Å²) in [6.07, 6.45) is 2.28. The van der Waals surface area contributed by atoms with Crippen molar-refractivity contribution in [1.29, 1.82) is 0 Å². The molecule has 7 nitrogen and oxygen atoms in total. The number of aromatic nitrogens is 4. The molecule has 2 saturated heterocycles. The minimum atomic E-state index is -0.845. The zero-order valence-electron chi connectivity index (χ0n) is 18.0. The summed E-state index contributed by atoms with van der Waals surface area (Å²) in [4.78, 5) is 2.18. The highest BCUT2D eigenvalue weighted by atomic mass is 32.1. The van der Waals surface area contributed by atoms with Gasteiger partial charge >= 0.3 is 0 Å². The number of aromatic hydroxyl groups is 1. The molecule has 0 saturated carbocycles. The van der Waals surface area contributed by atoms with Gasteiger partial charge in [0.15, 0.2) is 5.01 Å². The normalized spacial score (nSPS) is 30.6. The van der Waals surface area contributed by atoms with Gasteiger partial charge < -0.3 is 9.84 Å². The first-order chi connectivity index (χ1) is 14.8. The number of ether oxygens (including phenoxy) is 1. The standard InChI is InChI=1S/C22H26FN5O2S/c1-12-7-8-28(26-12)14-5-6-16(18(29)9-14)20-24-25-21(31-20)30-15-10-17-19(23)13(2)22(3,11-15)27(17)4/h5-9,13,15,17,19,29H,10-11H2,1-4H3. The van der Waals surface area contributed by atoms with Gasteiger partial charge in [-0.05, 0) is 39.1 Å². The monoisotopic (exact) mass is 443 g/mol. The summed E-state index contributed by atoms with van der Waals surface area (Å²) in [5.41, 5.74) is 2.03. The summed E-state index contributed by atoms with van der Waals surface area (Å²) in [6, 6.07) is 7.11. The minimum Gasteiger partial charge on any atom is -0.507 e. The Hall–Kier alpha value is -2.52. The van der Waals surface area contributed by atoms with Gasteiger partial charge in [0.1, 0.15) is 18.0 Å². The van der Waals surface area contributed by atoms with Gasteiger partial charge in [-0.25, -0.2) is 9.07 Å². The molecule has 0 radical (unpaired) electrons. The lowest BCUT2D eigenvalue weighted by Crippen LogP contribution is -2.53. The predicted octanol–water partition coefficient (Wildman–Crippen LogP) is 3.99. The molecule has 0 amide bonds. The minimum absolute atomic E-state index is 0.0323. The maximum atomic E-state index is 14.7. The van der Waals surface area contributed by atoms with Crippen LogP contribution in [-0.2, 0) is 0 Å². The first-order valence-corrected chi connectivity index (χ1v) is 11.3. The van der Waals surface area contributed by atoms with E-state index in [1.165, 1.54) is 11.3 Å². The maximum Gasteiger partial charge on any atom is 0.294 e. The van der Waals surface area contributed by atoms with Crippen molar-refractivity contribution in [2.24, 2.45) is 5.92 Å². The summed E-state index contributed by atoms with van der Waals surface area (Å²) in [5.74, 6) is 0.0717. The van der Waals surface area contributed by atoms with Gasteiger partial charge in [0.2, 0.25) is 0 Å². The number of phenols is 1. The number of aryl methyl sites for hydroxylation is 1. The van der Waals surface area contributed by atoms with Gasteiger partial charge in [0.05, 0.1) is 16.9 Å². The largest absolute Gasteiger partial charge is 0.507 e. The number of phenolic OH excluding ortho intramolecular Hbond substituents is 1. The van der Waals surface area contributed by atoms with Crippen LogP contribution in [0.3, 0.4) is 0 Å². The fourth-order valence-corrected chi connectivity index (χ4v) is 5.82. The average molecular weight is 444 g/mol. The van der Waals surface area contributed by atoms with Crippen LogP contribution in [0.5, 0.6) is 10.9 Å². The summed E-state index contributed by atoms with van der Waals surface area (Å²) >= 11 is 1.29. The zero-order chi connectivity index (χ0) is 21.9. The molecule has 2 fully saturated rings. The molecule has 31 heavy (non-hydrogen) atoms. The highest BCUT2D eigenvalue weighted by Crippen LogP contribution is 2.49. The molecule has 5 atom stereocenters. The van der Waals surface area contributed by atoms with Crippen molar-refractivity contribution < 1.29 is 14.2 Å². The SMILES string of the molecule is Cc1ccn(-c2ccc(-c3nnc(OC4CC5C(F)C(C)C(C)(C4)N5C)s3)c(O)c2)n1. The third-order valence-corrected chi connectivity index (χ3v) is 7.99. The Balaban J connectivity index is 1.33. The molecule has 5 rings (SSSR count). The van der Waals surface area contributed by atoms with Crippen LogP contribution in [0.2, 0.25) is 0 Å². The van der Waals surface area contributed by atoms with E-state index < -0.39 is 6.17 Å². The van der Waals surface area contributed by atoms with E-state index in [9.17, 15) is 9.50 Å². The Morgan fingerprint density at radius 3 is 2.77 bits per heavy atom. The molecule has 0 spiro atoms. The van der Waals surface area contributed by atoms with Crippen LogP contribution < -0.4 is 4.74 Å². The number of fused-ring (bicyclic) bond motifs is 2. The van der Waals surface area contributed by atoms with Crippen molar-refractivity contribution in [2.75, 3.05) is 7.05 Å². The number of piperidine rings is 1. The number of nitrogens with zero attached hydrogens (tertiary/aromatic N) is 5. The van der Waals surface area contributed by atoms with Crippen molar-refractivity contribution in [3.05, 3.63) is 36.2 Å². The van der Waals surface area contributed by atoms with Crippen LogP contribution in [0.4, 0.5) is 4.39 Å². The van der Waals surface area contributed by atoms with Gasteiger partial charge in [0.25, 0.3) is 5.19 Å². The molecular formula is C22H26FN5O2S. The van der Waals surface area contributed by atoms with E-state index in [1.807, 2.05) is 39.2 Å². The van der Waals surface area contributed by atoms with Gasteiger partial charge in [-0.1, -0.05) is 23.4 Å². The lowest BCUT2D eigenvalue weighted by atomic mass is 9.83. The molecule has 2 aliphatic rings. The third kappa shape index (κ3) is 3.30. The first kappa shape index (κ1) is 20.4. The Bertz CT molecular complexity index is 1110. The zero-order valence-corrected chi connectivity index (χ0v) is 18.8. The van der Waals surface area contributed by atoms with Crippen LogP contribution in [0.25, 0.3) is 16.3 Å². The summed E-state index contributed by atoms with van der Waals surface area (Å²) < 4.78 is 22.6. The van der Waals surface area contributed by atoms with Crippen LogP contribution in [0.1, 0.15) is 32.4 Å². The molecular weight excluding hydrogens is 417 g/mol. The summed E-state index contributed by atoms with van der Waals surface area (Å²) in [6.45, 7) is 6.02. The van der Waals surface area contributed by atoms with Crippen molar-refractivity contribution in [1.82, 2.24) is 24.9 Å². The Morgan fingerprint density at radius 2 is 2.10 bits per heavy atom. The van der Waals surface area contributed by atoms with Crippen molar-refractivity contribution in [3.63, 3.8) is 0 Å². The Morgan fingerprint density at radius 1 is 1.29 bits per heavy atom. The van der Waals surface area contributed by atoms with Gasteiger partial charge in [-0.2, -0.15) is 5.10 Å². The maximum absolute atomic E-state index is 14.7. The van der Waals surface area contributed by atoms with Crippen molar-refractivity contribution in [3.8, 4) is 27.2 Å². The highest BCUT2D eigenvalue weighted by molar-refractivity contribution is 7.16. The second-order valence-corrected chi connectivity index (χ2v) is 9.86. The number of rotatable bonds is 4. The molecule has 3 aromatic rings. The summed E-state index contributed by atoms with van der Waals surface area (Å²) in [7, 11) is 2.01. The topological polar surface area (TPSA) is 76.3 Å². The fraction of sp³-hybridized carbons (Fsp3) is 0.500. The van der Waals surface area contributed by atoms with Gasteiger partial charge in [-0.15, -0.1) is 5.10 Å². The first-order valence-electron chi connectivity index (χ1n) is 10.5. The van der Waals surface area contributed by atoms with Crippen molar-refractivity contribution >= 4 is 11.3 Å². The van der Waals surface area contributed by atoms with Crippen LogP contribution in [-0.4, -0.2) is 60.9 Å². The van der Waals surface area contributed by atoms with Gasteiger partial charge in [0, 0.05) is 42.6 Å². The van der Waals surface area contributed by atoms with E-state index in [2.05, 4.69) is 27.1 Å². The van der Waals surface area contributed by atoms with E-state index in [-0.39, 0.29) is 29.4 Å². The van der Waals surface area contributed by atoms with E-state index >= 15 is 0 Å². The van der Waals surface area contributed by atoms with E-state index in [1.54, 1.807) is 16.8 Å². The molecule has 1 aromatic carbocycles. The van der Waals surface area contributed by atoms with E-state index in [0.29, 0.717) is 22.2 Å². The van der Waals surface area contributed by atoms with E-state index in [0.717, 1.165) is 17.8 Å². The van der Waals surface area contributed by atoms with Crippen molar-refractivity contribution in [2.45, 2.75) is 57.5 Å². The second kappa shape index (κ2) is 7.27. The highest BCUT2D eigenvalue weighted by Gasteiger charge is 2.57. The lowest BCUT2D eigenvalue weighted by molar-refractivity contribution is 0.00451. The molecule has 0 aliphatic carbocycles. The number of alkyl halides is 1. The van der Waals surface area contributed by atoms with Crippen LogP contribution in [0, 0.1) is 12.8 Å². The second-order valence-electron chi connectivity index (χ2n) is 8.92. The molecule has 2 aromatic heterocycles. The fourth-order valence-electron chi connectivity index (χ4n) is 5.02. The Kier molecular flexibility index (Phi) is 4.78. The average Bonchev–Trinajstić information content (AvgIpc) is 3.39. The number of halogens is 1. The van der Waals surface area contributed by atoms with E-state index in [4.69, 9.17) is 4.74 Å². The molecule has 9 heteroatoms. The quantitative estimate of drug-likeness (QED) is 0.657. The number of hydrogen-bond acceptors (Lipinski definition) is 7. The molecule has 5 unspecified atom stereocenters.